The zero-order chi connectivity index (χ0) is 39.9. The molecule has 55 heavy (non-hydrogen) atoms. The lowest BCUT2D eigenvalue weighted by atomic mass is 9.70. The van der Waals surface area contributed by atoms with E-state index in [1.165, 1.54) is 14.1 Å². The predicted molar refractivity (Wildman–Crippen MR) is 219 cm³/mol. The number of nitrogens with zero attached hydrogens (tertiary/aromatic N) is 3. The Balaban J connectivity index is 1.46. The van der Waals surface area contributed by atoms with Gasteiger partial charge in [0.2, 0.25) is 5.91 Å². The van der Waals surface area contributed by atoms with Crippen LogP contribution in [0.1, 0.15) is 82.4 Å². The fourth-order valence-corrected chi connectivity index (χ4v) is 9.90. The Labute approximate surface area is 333 Å². The van der Waals surface area contributed by atoms with Crippen LogP contribution in [-0.2, 0) is 42.9 Å². The summed E-state index contributed by atoms with van der Waals surface area (Å²) in [5, 5.41) is 13.1. The lowest BCUT2D eigenvalue weighted by molar-refractivity contribution is -0.153. The summed E-state index contributed by atoms with van der Waals surface area (Å²) in [6.45, 7) is 13.5. The van der Waals surface area contributed by atoms with Crippen LogP contribution in [0.15, 0.2) is 48.6 Å². The van der Waals surface area contributed by atoms with E-state index in [1.807, 2.05) is 22.9 Å². The molecule has 2 bridgehead atoms. The van der Waals surface area contributed by atoms with E-state index in [4.69, 9.17) is 20.8 Å². The quantitative estimate of drug-likeness (QED) is 0.258. The molecule has 2 amide bonds. The molecule has 1 unspecified atom stereocenters. The van der Waals surface area contributed by atoms with Crippen molar-refractivity contribution in [3.8, 4) is 5.75 Å². The normalized spacial score (nSPS) is 27.3. The molecule has 0 aromatic heterocycles. The highest BCUT2D eigenvalue weighted by atomic mass is 35.5. The van der Waals surface area contributed by atoms with E-state index in [0.717, 1.165) is 54.0 Å². The average Bonchev–Trinajstić information content (AvgIpc) is 3.09. The van der Waals surface area contributed by atoms with Crippen molar-refractivity contribution in [2.45, 2.75) is 115 Å². The van der Waals surface area contributed by atoms with Crippen LogP contribution in [0.5, 0.6) is 5.75 Å². The van der Waals surface area contributed by atoms with Gasteiger partial charge in [-0.15, -0.1) is 0 Å². The second-order valence-corrected chi connectivity index (χ2v) is 24.7. The standard InChI is InChI=1S/C41H59ClN4O7SSi/c1-40(2,3)55(6,7)53-36-13-10-12-33-20-22-46(33)38(47)25-41(49,39(48)43-54(50,51)44(4)5)31-16-19-37-35(24-31)45(26-29-15-18-34(29)36)21-9-8-11-28-23-32(42)17-14-30(28)27-52-37/h10,13-14,16-17,19,23-24,29,33-34,36,49H,8-9,11-12,15,18,20-22,25-27H2,1-7H3,(H,43,48)/b13-10+/t29-,33-,34+,36?,41+/m0/s1. The van der Waals surface area contributed by atoms with Crippen molar-refractivity contribution < 1.29 is 32.3 Å². The lowest BCUT2D eigenvalue weighted by Crippen LogP contribution is -2.56. The second-order valence-electron chi connectivity index (χ2n) is 17.6. The van der Waals surface area contributed by atoms with Crippen molar-refractivity contribution in [2.75, 3.05) is 38.6 Å². The van der Waals surface area contributed by atoms with E-state index in [2.05, 4.69) is 50.9 Å². The number of carbonyl (C=O) groups excluding carboxylic acids is 2. The Kier molecular flexibility index (Phi) is 12.2. The zero-order valence-corrected chi connectivity index (χ0v) is 36.0. The van der Waals surface area contributed by atoms with Crippen molar-refractivity contribution in [3.63, 3.8) is 0 Å². The Hall–Kier alpha value is -2.94. The molecule has 2 fully saturated rings. The van der Waals surface area contributed by atoms with Crippen LogP contribution in [0.4, 0.5) is 5.69 Å². The number of hydrogen-bond acceptors (Lipinski definition) is 8. The van der Waals surface area contributed by atoms with Crippen molar-refractivity contribution in [3.05, 3.63) is 70.3 Å². The first-order chi connectivity index (χ1) is 25.8. The van der Waals surface area contributed by atoms with Gasteiger partial charge in [0.15, 0.2) is 13.9 Å². The van der Waals surface area contributed by atoms with Gasteiger partial charge in [-0.3, -0.25) is 9.59 Å². The van der Waals surface area contributed by atoms with Crippen molar-refractivity contribution in [2.24, 2.45) is 11.8 Å². The maximum absolute atomic E-state index is 14.0. The van der Waals surface area contributed by atoms with E-state index < -0.39 is 42.4 Å². The average molecular weight is 816 g/mol. The summed E-state index contributed by atoms with van der Waals surface area (Å²) in [6, 6.07) is 10.8. The summed E-state index contributed by atoms with van der Waals surface area (Å²) >= 11 is 6.42. The van der Waals surface area contributed by atoms with E-state index >= 15 is 0 Å². The number of carbonyl (C=O) groups is 2. The first kappa shape index (κ1) is 41.7. The smallest absolute Gasteiger partial charge is 0.303 e. The molecule has 302 valence electrons. The van der Waals surface area contributed by atoms with Crippen LogP contribution in [0.3, 0.4) is 0 Å². The molecule has 2 N–H and O–H groups in total. The number of fused-ring (bicyclic) bond motifs is 4. The highest BCUT2D eigenvalue weighted by Gasteiger charge is 2.47. The van der Waals surface area contributed by atoms with Gasteiger partial charge in [-0.1, -0.05) is 56.7 Å². The summed E-state index contributed by atoms with van der Waals surface area (Å²) < 4.78 is 42.5. The minimum atomic E-state index is -4.29. The Bertz CT molecular complexity index is 1900. The molecule has 14 heteroatoms. The highest BCUT2D eigenvalue weighted by Crippen LogP contribution is 2.46. The minimum absolute atomic E-state index is 0.0360. The molecular formula is C41H59ClN4O7SSi. The van der Waals surface area contributed by atoms with Gasteiger partial charge >= 0.3 is 10.2 Å². The number of hydrogen-bond donors (Lipinski definition) is 2. The number of amides is 2. The van der Waals surface area contributed by atoms with Gasteiger partial charge in [0, 0.05) is 44.8 Å². The fourth-order valence-electron chi connectivity index (χ4n) is 7.83. The molecular weight excluding hydrogens is 756 g/mol. The minimum Gasteiger partial charge on any atom is -0.487 e. The fraction of sp³-hybridized carbons (Fsp3) is 0.610. The Morgan fingerprint density at radius 2 is 1.84 bits per heavy atom. The monoisotopic (exact) mass is 814 g/mol. The molecule has 1 aliphatic carbocycles. The van der Waals surface area contributed by atoms with Gasteiger partial charge in [-0.2, -0.15) is 12.7 Å². The molecule has 1 saturated heterocycles. The summed E-state index contributed by atoms with van der Waals surface area (Å²) in [4.78, 5) is 32.1. The summed E-state index contributed by atoms with van der Waals surface area (Å²) in [6.07, 6.45) is 9.78. The first-order valence-corrected chi connectivity index (χ1v) is 24.4. The maximum atomic E-state index is 14.0. The van der Waals surface area contributed by atoms with E-state index in [1.54, 1.807) is 23.1 Å². The van der Waals surface area contributed by atoms with E-state index in [-0.39, 0.29) is 35.3 Å². The van der Waals surface area contributed by atoms with Crippen LogP contribution in [-0.4, -0.2) is 88.7 Å². The topological polar surface area (TPSA) is 129 Å². The summed E-state index contributed by atoms with van der Waals surface area (Å²) in [5.74, 6) is -0.458. The largest absolute Gasteiger partial charge is 0.487 e. The van der Waals surface area contributed by atoms with Crippen LogP contribution in [0.2, 0.25) is 23.2 Å². The van der Waals surface area contributed by atoms with Gasteiger partial charge < -0.3 is 24.1 Å². The number of nitrogens with one attached hydrogen (secondary N) is 1. The third-order valence-corrected chi connectivity index (χ3v) is 18.8. The number of ether oxygens (including phenoxy) is 1. The summed E-state index contributed by atoms with van der Waals surface area (Å²) in [5.41, 5.74) is 0.469. The number of benzene rings is 2. The number of aliphatic hydroxyl groups is 1. The predicted octanol–water partition coefficient (Wildman–Crippen LogP) is 6.54. The number of aryl methyl sites for hydroxylation is 1. The molecule has 0 radical (unpaired) electrons. The molecule has 5 atom stereocenters. The van der Waals surface area contributed by atoms with Gasteiger partial charge in [0.1, 0.15) is 12.4 Å². The summed E-state index contributed by atoms with van der Waals surface area (Å²) in [7, 11) is -3.85. The number of halogens is 1. The van der Waals surface area contributed by atoms with Gasteiger partial charge in [-0.25, -0.2) is 4.72 Å². The molecule has 2 aromatic rings. The molecule has 6 rings (SSSR count). The molecule has 3 aliphatic heterocycles. The molecule has 0 spiro atoms. The number of rotatable bonds is 5. The van der Waals surface area contributed by atoms with Crippen LogP contribution >= 0.6 is 11.6 Å². The third kappa shape index (κ3) is 8.97. The van der Waals surface area contributed by atoms with E-state index in [0.29, 0.717) is 48.4 Å². The lowest BCUT2D eigenvalue weighted by Gasteiger charge is -2.48. The number of anilines is 1. The van der Waals surface area contributed by atoms with Gasteiger partial charge in [-0.05, 0) is 116 Å². The Morgan fingerprint density at radius 1 is 1.07 bits per heavy atom. The van der Waals surface area contributed by atoms with Gasteiger partial charge in [0.25, 0.3) is 5.91 Å². The van der Waals surface area contributed by atoms with Crippen molar-refractivity contribution in [1.29, 1.82) is 0 Å². The van der Waals surface area contributed by atoms with Crippen LogP contribution in [0, 0.1) is 11.8 Å². The SMILES string of the molecule is CN(C)S(=O)(=O)NC(=O)[C@@]1(O)CC(=O)N2CC[C@@H]2C/C=C/C(O[Si](C)(C)C(C)(C)C)[C@@H]2CC[C@H]2CN2CCCCc3cc(Cl)ccc3COc3ccc1cc32. The molecule has 11 nitrogen and oxygen atoms in total. The van der Waals surface area contributed by atoms with Crippen LogP contribution in [0.25, 0.3) is 0 Å². The van der Waals surface area contributed by atoms with Crippen molar-refractivity contribution >= 4 is 47.6 Å². The molecule has 3 heterocycles. The highest BCUT2D eigenvalue weighted by molar-refractivity contribution is 7.87. The third-order valence-electron chi connectivity index (χ3n) is 12.7. The van der Waals surface area contributed by atoms with Crippen LogP contribution < -0.4 is 14.4 Å². The molecule has 2 aromatic carbocycles. The zero-order valence-electron chi connectivity index (χ0n) is 33.4. The molecule has 1 saturated carbocycles. The van der Waals surface area contributed by atoms with Gasteiger partial charge in [0.05, 0.1) is 18.2 Å². The van der Waals surface area contributed by atoms with Crippen molar-refractivity contribution in [1.82, 2.24) is 13.9 Å². The molecule has 4 aliphatic rings. The first-order valence-electron chi connectivity index (χ1n) is 19.7. The Morgan fingerprint density at radius 3 is 2.49 bits per heavy atom. The second kappa shape index (κ2) is 16.1. The maximum Gasteiger partial charge on any atom is 0.303 e. The van der Waals surface area contributed by atoms with E-state index in [9.17, 15) is 23.1 Å².